The molecule has 0 spiro atoms. The van der Waals surface area contributed by atoms with E-state index in [1.54, 1.807) is 13.2 Å². The zero-order chi connectivity index (χ0) is 20.4. The Bertz CT molecular complexity index is 814. The summed E-state index contributed by atoms with van der Waals surface area (Å²) in [4.78, 5) is 2.37. The van der Waals surface area contributed by atoms with Gasteiger partial charge in [-0.15, -0.1) is 0 Å². The summed E-state index contributed by atoms with van der Waals surface area (Å²) < 4.78 is 25.0. The molecule has 29 heavy (non-hydrogen) atoms. The van der Waals surface area contributed by atoms with Gasteiger partial charge in [-0.1, -0.05) is 6.07 Å². The van der Waals surface area contributed by atoms with Crippen LogP contribution in [0.15, 0.2) is 42.5 Å². The Morgan fingerprint density at radius 1 is 1.07 bits per heavy atom. The topological polar surface area (TPSA) is 62.2 Å². The maximum atomic E-state index is 13.7. The van der Waals surface area contributed by atoms with Crippen LogP contribution in [-0.4, -0.2) is 54.6 Å². The van der Waals surface area contributed by atoms with Crippen molar-refractivity contribution < 1.29 is 24.1 Å². The average molecular weight is 401 g/mol. The number of methoxy groups -OCH3 is 1. The van der Waals surface area contributed by atoms with E-state index in [0.717, 1.165) is 43.0 Å². The number of halogens is 1. The molecule has 1 saturated heterocycles. The molecule has 0 radical (unpaired) electrons. The van der Waals surface area contributed by atoms with E-state index in [4.69, 9.17) is 9.47 Å². The van der Waals surface area contributed by atoms with Crippen LogP contribution < -0.4 is 9.47 Å². The summed E-state index contributed by atoms with van der Waals surface area (Å²) in [5.74, 6) is 1.73. The van der Waals surface area contributed by atoms with Gasteiger partial charge in [0.15, 0.2) is 11.6 Å². The van der Waals surface area contributed by atoms with Crippen molar-refractivity contribution in [2.24, 2.45) is 11.8 Å². The van der Waals surface area contributed by atoms with Crippen LogP contribution >= 0.6 is 0 Å². The third-order valence-corrected chi connectivity index (χ3v) is 6.29. The van der Waals surface area contributed by atoms with E-state index < -0.39 is 5.82 Å². The average Bonchev–Trinajstić information content (AvgIpc) is 3.26. The molecule has 4 rings (SSSR count). The quantitative estimate of drug-likeness (QED) is 0.745. The van der Waals surface area contributed by atoms with Crippen molar-refractivity contribution >= 4 is 0 Å². The first-order valence-corrected chi connectivity index (χ1v) is 10.2. The lowest BCUT2D eigenvalue weighted by Gasteiger charge is -2.24. The van der Waals surface area contributed by atoms with Gasteiger partial charge in [0.25, 0.3) is 0 Å². The third kappa shape index (κ3) is 4.49. The summed E-state index contributed by atoms with van der Waals surface area (Å²) in [5, 5.41) is 19.2. The predicted octanol–water partition coefficient (Wildman–Crippen LogP) is 3.41. The molecule has 1 aliphatic heterocycles. The van der Waals surface area contributed by atoms with Gasteiger partial charge in [0.2, 0.25) is 0 Å². The molecule has 2 N–H and O–H groups in total. The Hall–Kier alpha value is -2.31. The molecule has 2 aromatic carbocycles. The zero-order valence-corrected chi connectivity index (χ0v) is 16.6. The maximum absolute atomic E-state index is 13.7. The lowest BCUT2D eigenvalue weighted by molar-refractivity contribution is 0.175. The number of benzene rings is 2. The van der Waals surface area contributed by atoms with Crippen molar-refractivity contribution in [3.63, 3.8) is 0 Å². The summed E-state index contributed by atoms with van der Waals surface area (Å²) in [7, 11) is 1.65. The van der Waals surface area contributed by atoms with E-state index in [9.17, 15) is 14.6 Å². The molecular weight excluding hydrogens is 373 g/mol. The first-order chi connectivity index (χ1) is 14.1. The summed E-state index contributed by atoms with van der Waals surface area (Å²) >= 11 is 0. The van der Waals surface area contributed by atoms with Crippen LogP contribution in [0.4, 0.5) is 4.39 Å². The van der Waals surface area contributed by atoms with Gasteiger partial charge in [-0.05, 0) is 66.6 Å². The van der Waals surface area contributed by atoms with Crippen LogP contribution in [0, 0.1) is 17.7 Å². The van der Waals surface area contributed by atoms with Gasteiger partial charge < -0.3 is 24.6 Å². The number of ether oxygens (including phenoxy) is 2. The van der Waals surface area contributed by atoms with Gasteiger partial charge in [-0.2, -0.15) is 0 Å². The Morgan fingerprint density at radius 2 is 1.72 bits per heavy atom. The number of fused-ring (bicyclic) bond motifs is 1. The molecule has 2 aliphatic rings. The lowest BCUT2D eigenvalue weighted by atomic mass is 9.99. The first-order valence-electron chi connectivity index (χ1n) is 10.2. The number of phenols is 1. The van der Waals surface area contributed by atoms with Crippen molar-refractivity contribution in [1.29, 1.82) is 0 Å². The van der Waals surface area contributed by atoms with Gasteiger partial charge in [0, 0.05) is 25.6 Å². The fraction of sp³-hybridized carbons (Fsp3) is 0.478. The van der Waals surface area contributed by atoms with Crippen molar-refractivity contribution in [1.82, 2.24) is 4.90 Å². The van der Waals surface area contributed by atoms with Crippen LogP contribution in [0.25, 0.3) is 0 Å². The second-order valence-corrected chi connectivity index (χ2v) is 8.22. The predicted molar refractivity (Wildman–Crippen MR) is 108 cm³/mol. The number of rotatable bonds is 7. The van der Waals surface area contributed by atoms with Gasteiger partial charge in [0.1, 0.15) is 11.5 Å². The summed E-state index contributed by atoms with van der Waals surface area (Å²) in [5.41, 5.74) is 0.723. The maximum Gasteiger partial charge on any atom is 0.165 e. The minimum absolute atomic E-state index is 0.0424. The Balaban J connectivity index is 1.30. The fourth-order valence-electron chi connectivity index (χ4n) is 4.79. The molecule has 0 bridgehead atoms. The molecular formula is C23H28FNO4. The van der Waals surface area contributed by atoms with E-state index in [1.165, 1.54) is 12.1 Å². The first kappa shape index (κ1) is 20.0. The summed E-state index contributed by atoms with van der Waals surface area (Å²) in [6, 6.07) is 12.1. The minimum Gasteiger partial charge on any atom is -0.505 e. The molecule has 1 unspecified atom stereocenters. The van der Waals surface area contributed by atoms with Crippen molar-refractivity contribution in [3.8, 4) is 17.2 Å². The highest BCUT2D eigenvalue weighted by Gasteiger charge is 2.42. The SMILES string of the molecule is COc1ccc(O[C@H]2C[C@@H]3CN(CC(CO)c4ccc(O)c(F)c4)C[C@@H]3C2)cc1. The molecule has 5 nitrogen and oxygen atoms in total. The van der Waals surface area contributed by atoms with Crippen LogP contribution in [-0.2, 0) is 0 Å². The monoisotopic (exact) mass is 401 g/mol. The number of hydrogen-bond donors (Lipinski definition) is 2. The highest BCUT2D eigenvalue weighted by Crippen LogP contribution is 2.40. The van der Waals surface area contributed by atoms with Gasteiger partial charge in [-0.3, -0.25) is 0 Å². The molecule has 2 aromatic rings. The molecule has 2 fully saturated rings. The molecule has 1 aliphatic carbocycles. The molecule has 1 saturated carbocycles. The second-order valence-electron chi connectivity index (χ2n) is 8.22. The largest absolute Gasteiger partial charge is 0.505 e. The van der Waals surface area contributed by atoms with E-state index in [2.05, 4.69) is 4.90 Å². The number of likely N-dealkylation sites (tertiary alicyclic amines) is 1. The van der Waals surface area contributed by atoms with Crippen molar-refractivity contribution in [3.05, 3.63) is 53.8 Å². The molecule has 6 heteroatoms. The molecule has 1 heterocycles. The summed E-state index contributed by atoms with van der Waals surface area (Å²) in [6.45, 7) is 2.60. The molecule has 0 amide bonds. The van der Waals surface area contributed by atoms with Crippen molar-refractivity contribution in [2.45, 2.75) is 24.9 Å². The van der Waals surface area contributed by atoms with Gasteiger partial charge in [0.05, 0.1) is 19.8 Å². The number of aromatic hydroxyl groups is 1. The smallest absolute Gasteiger partial charge is 0.165 e. The number of nitrogens with zero attached hydrogens (tertiary/aromatic N) is 1. The number of hydrogen-bond acceptors (Lipinski definition) is 5. The summed E-state index contributed by atoms with van der Waals surface area (Å²) in [6.07, 6.45) is 2.30. The molecule has 0 aromatic heterocycles. The zero-order valence-electron chi connectivity index (χ0n) is 16.6. The number of aliphatic hydroxyl groups is 1. The molecule has 4 atom stereocenters. The van der Waals surface area contributed by atoms with E-state index >= 15 is 0 Å². The van der Waals surface area contributed by atoms with E-state index in [-0.39, 0.29) is 24.4 Å². The van der Waals surface area contributed by atoms with Crippen LogP contribution in [0.5, 0.6) is 17.2 Å². The lowest BCUT2D eigenvalue weighted by Crippen LogP contribution is -2.30. The van der Waals surface area contributed by atoms with Crippen LogP contribution in [0.1, 0.15) is 24.3 Å². The second kappa shape index (κ2) is 8.59. The van der Waals surface area contributed by atoms with Crippen LogP contribution in [0.2, 0.25) is 0 Å². The number of phenolic OH excluding ortho intramolecular Hbond substituents is 1. The molecule has 156 valence electrons. The van der Waals surface area contributed by atoms with Crippen molar-refractivity contribution in [2.75, 3.05) is 33.4 Å². The Morgan fingerprint density at radius 3 is 2.31 bits per heavy atom. The minimum atomic E-state index is -0.641. The fourth-order valence-corrected chi connectivity index (χ4v) is 4.79. The normalized spacial score (nSPS) is 25.0. The number of aliphatic hydroxyl groups excluding tert-OH is 1. The van der Waals surface area contributed by atoms with Crippen LogP contribution in [0.3, 0.4) is 0 Å². The standard InChI is InChI=1S/C23H28FNO4/c1-28-19-3-5-20(6-4-19)29-21-8-16-11-25(12-17(16)9-21)13-18(14-26)15-2-7-23(27)22(24)10-15/h2-7,10,16-18,21,26-27H,8-9,11-14H2,1H3/t16-,17+,18?,21+. The Kier molecular flexibility index (Phi) is 5.92. The highest BCUT2D eigenvalue weighted by atomic mass is 19.1. The van der Waals surface area contributed by atoms with E-state index in [0.29, 0.717) is 18.4 Å². The van der Waals surface area contributed by atoms with Gasteiger partial charge >= 0.3 is 0 Å². The Labute approximate surface area is 170 Å². The van der Waals surface area contributed by atoms with Gasteiger partial charge in [-0.25, -0.2) is 4.39 Å². The highest BCUT2D eigenvalue weighted by molar-refractivity contribution is 5.32. The third-order valence-electron chi connectivity index (χ3n) is 6.29. The van der Waals surface area contributed by atoms with E-state index in [1.807, 2.05) is 24.3 Å².